The lowest BCUT2D eigenvalue weighted by Crippen LogP contribution is -2.10. The standard InChI is InChI=1S/C13H16N2OS/c1-15-10-8-17-11(7-16)12(10)14-13(15)9-5-3-2-4-6-9/h7-9H,2-6H2,1H3. The van der Waals surface area contributed by atoms with E-state index < -0.39 is 0 Å². The van der Waals surface area contributed by atoms with Crippen LogP contribution in [0.25, 0.3) is 11.0 Å². The number of nitrogens with zero attached hydrogens (tertiary/aromatic N) is 2. The van der Waals surface area contributed by atoms with Crippen molar-refractivity contribution >= 4 is 28.7 Å². The number of fused-ring (bicyclic) bond motifs is 1. The Bertz CT molecular complexity index is 549. The number of hydrogen-bond donors (Lipinski definition) is 0. The Morgan fingerprint density at radius 2 is 2.18 bits per heavy atom. The van der Waals surface area contributed by atoms with E-state index >= 15 is 0 Å². The Morgan fingerprint density at radius 3 is 2.88 bits per heavy atom. The largest absolute Gasteiger partial charge is 0.330 e. The molecule has 90 valence electrons. The predicted molar refractivity (Wildman–Crippen MR) is 69.8 cm³/mol. The second kappa shape index (κ2) is 4.26. The number of aryl methyl sites for hydroxylation is 1. The number of rotatable bonds is 2. The van der Waals surface area contributed by atoms with Crippen molar-refractivity contribution in [2.45, 2.75) is 38.0 Å². The van der Waals surface area contributed by atoms with Gasteiger partial charge in [0.2, 0.25) is 0 Å². The van der Waals surface area contributed by atoms with Crippen molar-refractivity contribution in [3.05, 3.63) is 16.1 Å². The van der Waals surface area contributed by atoms with Crippen LogP contribution in [0.4, 0.5) is 0 Å². The van der Waals surface area contributed by atoms with Crippen molar-refractivity contribution in [3.63, 3.8) is 0 Å². The molecule has 0 spiro atoms. The molecule has 1 saturated carbocycles. The highest BCUT2D eigenvalue weighted by Gasteiger charge is 2.22. The number of carbonyl (C=O) groups is 1. The average molecular weight is 248 g/mol. The molecule has 1 aliphatic rings. The van der Waals surface area contributed by atoms with Crippen LogP contribution >= 0.6 is 11.3 Å². The van der Waals surface area contributed by atoms with E-state index in [0.29, 0.717) is 5.92 Å². The summed E-state index contributed by atoms with van der Waals surface area (Å²) in [5.74, 6) is 1.76. The van der Waals surface area contributed by atoms with Gasteiger partial charge in [-0.2, -0.15) is 0 Å². The quantitative estimate of drug-likeness (QED) is 0.762. The Labute approximate surface area is 104 Å². The zero-order valence-electron chi connectivity index (χ0n) is 9.98. The fourth-order valence-electron chi connectivity index (χ4n) is 2.83. The fraction of sp³-hybridized carbons (Fsp3) is 0.538. The third-order valence-electron chi connectivity index (χ3n) is 3.78. The number of aromatic nitrogens is 2. The van der Waals surface area contributed by atoms with Crippen LogP contribution in [-0.4, -0.2) is 15.8 Å². The highest BCUT2D eigenvalue weighted by molar-refractivity contribution is 7.13. The van der Waals surface area contributed by atoms with Gasteiger partial charge in [0, 0.05) is 18.3 Å². The monoisotopic (exact) mass is 248 g/mol. The Hall–Kier alpha value is -1.16. The lowest BCUT2D eigenvalue weighted by atomic mass is 9.89. The van der Waals surface area contributed by atoms with Crippen LogP contribution in [0, 0.1) is 0 Å². The van der Waals surface area contributed by atoms with Crippen LogP contribution in [0.3, 0.4) is 0 Å². The molecule has 0 N–H and O–H groups in total. The normalized spacial score (nSPS) is 17.7. The zero-order valence-corrected chi connectivity index (χ0v) is 10.8. The first-order valence-electron chi connectivity index (χ1n) is 6.20. The minimum Gasteiger partial charge on any atom is -0.330 e. The smallest absolute Gasteiger partial charge is 0.162 e. The molecule has 2 heterocycles. The minimum atomic E-state index is 0.589. The van der Waals surface area contributed by atoms with Crippen LogP contribution in [-0.2, 0) is 7.05 Å². The third-order valence-corrected chi connectivity index (χ3v) is 4.67. The van der Waals surface area contributed by atoms with Gasteiger partial charge in [0.05, 0.1) is 10.4 Å². The van der Waals surface area contributed by atoms with Gasteiger partial charge in [-0.1, -0.05) is 19.3 Å². The summed E-state index contributed by atoms with van der Waals surface area (Å²) in [5, 5.41) is 2.04. The third kappa shape index (κ3) is 1.71. The molecule has 2 aromatic rings. The predicted octanol–water partition coefficient (Wildman–Crippen LogP) is 3.50. The average Bonchev–Trinajstić information content (AvgIpc) is 2.91. The molecule has 0 radical (unpaired) electrons. The number of hydrogen-bond acceptors (Lipinski definition) is 3. The van der Waals surface area contributed by atoms with E-state index in [1.165, 1.54) is 49.3 Å². The van der Waals surface area contributed by atoms with E-state index in [-0.39, 0.29) is 0 Å². The first kappa shape index (κ1) is 11.0. The molecule has 0 aromatic carbocycles. The molecule has 0 saturated heterocycles. The summed E-state index contributed by atoms with van der Waals surface area (Å²) < 4.78 is 2.18. The molecule has 3 rings (SSSR count). The molecule has 0 aliphatic heterocycles. The van der Waals surface area contributed by atoms with Gasteiger partial charge < -0.3 is 4.57 Å². The molecular weight excluding hydrogens is 232 g/mol. The van der Waals surface area contributed by atoms with Gasteiger partial charge in [0.15, 0.2) is 6.29 Å². The van der Waals surface area contributed by atoms with E-state index in [0.717, 1.165) is 22.2 Å². The molecule has 1 fully saturated rings. The SMILES string of the molecule is Cn1c(C2CCCCC2)nc2c(C=O)scc21. The molecule has 0 bridgehead atoms. The maximum atomic E-state index is 10.9. The highest BCUT2D eigenvalue weighted by atomic mass is 32.1. The van der Waals surface area contributed by atoms with E-state index in [4.69, 9.17) is 4.98 Å². The second-order valence-electron chi connectivity index (χ2n) is 4.82. The molecule has 3 nitrogen and oxygen atoms in total. The first-order valence-corrected chi connectivity index (χ1v) is 7.08. The molecule has 4 heteroatoms. The van der Waals surface area contributed by atoms with Crippen molar-refractivity contribution < 1.29 is 4.79 Å². The maximum absolute atomic E-state index is 10.9. The Kier molecular flexibility index (Phi) is 2.74. The Morgan fingerprint density at radius 1 is 1.41 bits per heavy atom. The van der Waals surface area contributed by atoms with Crippen LogP contribution in [0.1, 0.15) is 53.5 Å². The van der Waals surface area contributed by atoms with Crippen molar-refractivity contribution in [2.24, 2.45) is 7.05 Å². The van der Waals surface area contributed by atoms with E-state index in [9.17, 15) is 4.79 Å². The maximum Gasteiger partial charge on any atom is 0.162 e. The molecule has 0 unspecified atom stereocenters. The summed E-state index contributed by atoms with van der Waals surface area (Å²) in [4.78, 5) is 16.4. The van der Waals surface area contributed by atoms with E-state index in [2.05, 4.69) is 11.6 Å². The molecule has 1 aliphatic carbocycles. The summed E-state index contributed by atoms with van der Waals surface area (Å²) in [7, 11) is 2.07. The number of carbonyl (C=O) groups excluding carboxylic acids is 1. The summed E-state index contributed by atoms with van der Waals surface area (Å²) in [6.45, 7) is 0. The molecule has 0 atom stereocenters. The number of thiophene rings is 1. The van der Waals surface area contributed by atoms with E-state index in [1.807, 2.05) is 5.38 Å². The van der Waals surface area contributed by atoms with Gasteiger partial charge in [0.1, 0.15) is 11.3 Å². The van der Waals surface area contributed by atoms with Gasteiger partial charge in [-0.3, -0.25) is 4.79 Å². The summed E-state index contributed by atoms with van der Waals surface area (Å²) >= 11 is 1.49. The first-order chi connectivity index (χ1) is 8.31. The summed E-state index contributed by atoms with van der Waals surface area (Å²) in [6, 6.07) is 0. The fourth-order valence-corrected chi connectivity index (χ4v) is 3.66. The van der Waals surface area contributed by atoms with E-state index in [1.54, 1.807) is 0 Å². The summed E-state index contributed by atoms with van der Waals surface area (Å²) in [6.07, 6.45) is 7.38. The van der Waals surface area contributed by atoms with Gasteiger partial charge in [-0.15, -0.1) is 11.3 Å². The summed E-state index contributed by atoms with van der Waals surface area (Å²) in [5.41, 5.74) is 2.01. The topological polar surface area (TPSA) is 34.9 Å². The van der Waals surface area contributed by atoms with Crippen LogP contribution in [0.15, 0.2) is 5.38 Å². The van der Waals surface area contributed by atoms with Crippen molar-refractivity contribution in [2.75, 3.05) is 0 Å². The second-order valence-corrected chi connectivity index (χ2v) is 5.73. The minimum absolute atomic E-state index is 0.589. The molecule has 0 amide bonds. The van der Waals surface area contributed by atoms with Crippen LogP contribution in [0.5, 0.6) is 0 Å². The van der Waals surface area contributed by atoms with Gasteiger partial charge in [0.25, 0.3) is 0 Å². The molecular formula is C13H16N2OS. The van der Waals surface area contributed by atoms with Crippen molar-refractivity contribution in [3.8, 4) is 0 Å². The zero-order chi connectivity index (χ0) is 11.8. The van der Waals surface area contributed by atoms with Gasteiger partial charge in [-0.25, -0.2) is 4.98 Å². The Balaban J connectivity index is 2.07. The van der Waals surface area contributed by atoms with Crippen molar-refractivity contribution in [1.29, 1.82) is 0 Å². The molecule has 2 aromatic heterocycles. The van der Waals surface area contributed by atoms with Crippen LogP contribution in [0.2, 0.25) is 0 Å². The number of aldehydes is 1. The van der Waals surface area contributed by atoms with Gasteiger partial charge >= 0.3 is 0 Å². The van der Waals surface area contributed by atoms with Gasteiger partial charge in [-0.05, 0) is 12.8 Å². The number of imidazole rings is 1. The van der Waals surface area contributed by atoms with Crippen LogP contribution < -0.4 is 0 Å². The lowest BCUT2D eigenvalue weighted by Gasteiger charge is -2.21. The lowest BCUT2D eigenvalue weighted by molar-refractivity contribution is 0.112. The van der Waals surface area contributed by atoms with Crippen molar-refractivity contribution in [1.82, 2.24) is 9.55 Å². The molecule has 17 heavy (non-hydrogen) atoms. The highest BCUT2D eigenvalue weighted by Crippen LogP contribution is 2.34.